The van der Waals surface area contributed by atoms with Crippen molar-refractivity contribution in [3.8, 4) is 5.75 Å². The molecule has 0 spiro atoms. The van der Waals surface area contributed by atoms with E-state index in [1.807, 2.05) is 12.1 Å². The van der Waals surface area contributed by atoms with Crippen molar-refractivity contribution >= 4 is 29.0 Å². The molecule has 0 saturated heterocycles. The molecule has 0 aliphatic heterocycles. The van der Waals surface area contributed by atoms with Crippen molar-refractivity contribution in [2.75, 3.05) is 17.7 Å². The molecule has 0 aliphatic carbocycles. The molecule has 0 aromatic heterocycles. The molecule has 0 fully saturated rings. The van der Waals surface area contributed by atoms with Crippen LogP contribution in [0, 0.1) is 0 Å². The van der Waals surface area contributed by atoms with Crippen LogP contribution in [0.25, 0.3) is 0 Å². The maximum Gasteiger partial charge on any atom is 0.318 e. The predicted octanol–water partition coefficient (Wildman–Crippen LogP) is 3.41. The van der Waals surface area contributed by atoms with Crippen molar-refractivity contribution in [1.29, 1.82) is 0 Å². The number of aromatic hydroxyl groups is 1. The van der Waals surface area contributed by atoms with E-state index < -0.39 is 0 Å². The Morgan fingerprint density at radius 3 is 2.43 bits per heavy atom. The van der Waals surface area contributed by atoms with E-state index in [0.717, 1.165) is 5.69 Å². The van der Waals surface area contributed by atoms with Gasteiger partial charge in [-0.15, -0.1) is 0 Å². The summed E-state index contributed by atoms with van der Waals surface area (Å²) >= 11 is 6.04. The molecule has 2 aromatic rings. The first-order chi connectivity index (χ1) is 10.1. The van der Waals surface area contributed by atoms with Crippen LogP contribution in [0.5, 0.6) is 5.75 Å². The minimum atomic E-state index is -0.267. The maximum atomic E-state index is 11.2. The highest BCUT2D eigenvalue weighted by Gasteiger charge is 2.05. The molecule has 4 N–H and O–H groups in total. The molecule has 0 unspecified atom stereocenters. The number of amides is 2. The van der Waals surface area contributed by atoms with Crippen LogP contribution in [-0.4, -0.2) is 18.2 Å². The van der Waals surface area contributed by atoms with Gasteiger partial charge >= 0.3 is 6.03 Å². The molecular weight excluding hydrogens is 290 g/mol. The molecule has 110 valence electrons. The SMILES string of the molecule is CNC(=O)Nc1ccc(NCc2c(O)cccc2Cl)cc1. The third kappa shape index (κ3) is 4.03. The van der Waals surface area contributed by atoms with Crippen LogP contribution in [0.3, 0.4) is 0 Å². The first-order valence-electron chi connectivity index (χ1n) is 6.39. The molecule has 0 radical (unpaired) electrons. The fraction of sp³-hybridized carbons (Fsp3) is 0.133. The lowest BCUT2D eigenvalue weighted by atomic mass is 10.2. The van der Waals surface area contributed by atoms with Crippen LogP contribution >= 0.6 is 11.6 Å². The molecule has 21 heavy (non-hydrogen) atoms. The van der Waals surface area contributed by atoms with Crippen LogP contribution in [0.2, 0.25) is 5.02 Å². The van der Waals surface area contributed by atoms with Crippen molar-refractivity contribution < 1.29 is 9.90 Å². The van der Waals surface area contributed by atoms with E-state index in [0.29, 0.717) is 22.8 Å². The van der Waals surface area contributed by atoms with Gasteiger partial charge in [-0.2, -0.15) is 0 Å². The lowest BCUT2D eigenvalue weighted by Gasteiger charge is -2.10. The Hall–Kier alpha value is -2.40. The van der Waals surface area contributed by atoms with Gasteiger partial charge in [0.15, 0.2) is 0 Å². The lowest BCUT2D eigenvalue weighted by Crippen LogP contribution is -2.24. The number of phenols is 1. The number of phenolic OH excluding ortho intramolecular Hbond substituents is 1. The summed E-state index contributed by atoms with van der Waals surface area (Å²) in [6.45, 7) is 0.410. The molecular formula is C15H16ClN3O2. The molecule has 5 nitrogen and oxygen atoms in total. The fourth-order valence-electron chi connectivity index (χ4n) is 1.78. The van der Waals surface area contributed by atoms with Crippen LogP contribution in [0.4, 0.5) is 16.2 Å². The Labute approximate surface area is 127 Å². The fourth-order valence-corrected chi connectivity index (χ4v) is 2.01. The number of hydrogen-bond acceptors (Lipinski definition) is 3. The van der Waals surface area contributed by atoms with Crippen LogP contribution in [0.1, 0.15) is 5.56 Å². The summed E-state index contributed by atoms with van der Waals surface area (Å²) in [5, 5.41) is 18.6. The zero-order valence-corrected chi connectivity index (χ0v) is 12.2. The Morgan fingerprint density at radius 2 is 1.81 bits per heavy atom. The number of rotatable bonds is 4. The van der Waals surface area contributed by atoms with E-state index in [4.69, 9.17) is 11.6 Å². The number of hydrogen-bond donors (Lipinski definition) is 4. The minimum Gasteiger partial charge on any atom is -0.508 e. The third-order valence-electron chi connectivity index (χ3n) is 2.93. The second-order valence-electron chi connectivity index (χ2n) is 4.37. The van der Waals surface area contributed by atoms with E-state index in [9.17, 15) is 9.90 Å². The first kappa shape index (κ1) is 15.0. The number of nitrogens with one attached hydrogen (secondary N) is 3. The van der Waals surface area contributed by atoms with Gasteiger partial charge in [-0.3, -0.25) is 0 Å². The van der Waals surface area contributed by atoms with E-state index in [1.54, 1.807) is 37.4 Å². The molecule has 0 bridgehead atoms. The Kier molecular flexibility index (Phi) is 4.90. The van der Waals surface area contributed by atoms with Gasteiger partial charge in [0.1, 0.15) is 5.75 Å². The second-order valence-corrected chi connectivity index (χ2v) is 4.78. The quantitative estimate of drug-likeness (QED) is 0.699. The normalized spacial score (nSPS) is 10.0. The predicted molar refractivity (Wildman–Crippen MR) is 85.0 cm³/mol. The van der Waals surface area contributed by atoms with E-state index in [2.05, 4.69) is 16.0 Å². The lowest BCUT2D eigenvalue weighted by molar-refractivity contribution is 0.254. The summed E-state index contributed by atoms with van der Waals surface area (Å²) in [4.78, 5) is 11.2. The average molecular weight is 306 g/mol. The van der Waals surface area contributed by atoms with Gasteiger partial charge in [-0.1, -0.05) is 17.7 Å². The van der Waals surface area contributed by atoms with Gasteiger partial charge in [0.05, 0.1) is 0 Å². The van der Waals surface area contributed by atoms with Gasteiger partial charge in [-0.25, -0.2) is 4.79 Å². The Balaban J connectivity index is 1.99. The molecule has 0 heterocycles. The average Bonchev–Trinajstić information content (AvgIpc) is 2.48. The van der Waals surface area contributed by atoms with Crippen LogP contribution in [-0.2, 0) is 6.54 Å². The topological polar surface area (TPSA) is 73.4 Å². The van der Waals surface area contributed by atoms with Crippen molar-refractivity contribution in [3.05, 3.63) is 53.1 Å². The summed E-state index contributed by atoms with van der Waals surface area (Å²) in [6, 6.07) is 12.0. The standard InChI is InChI=1S/C15H16ClN3O2/c1-17-15(21)19-11-7-5-10(6-8-11)18-9-12-13(16)3-2-4-14(12)20/h2-8,18,20H,9H2,1H3,(H2,17,19,21). The summed E-state index contributed by atoms with van der Waals surface area (Å²) < 4.78 is 0. The van der Waals surface area contributed by atoms with Crippen LogP contribution < -0.4 is 16.0 Å². The summed E-state index contributed by atoms with van der Waals surface area (Å²) in [5.74, 6) is 0.160. The third-order valence-corrected chi connectivity index (χ3v) is 3.29. The molecule has 0 aliphatic rings. The Morgan fingerprint density at radius 1 is 1.14 bits per heavy atom. The summed E-state index contributed by atoms with van der Waals surface area (Å²) in [6.07, 6.45) is 0. The van der Waals surface area contributed by atoms with Gasteiger partial charge < -0.3 is 21.1 Å². The highest BCUT2D eigenvalue weighted by atomic mass is 35.5. The van der Waals surface area contributed by atoms with Gasteiger partial charge in [0.25, 0.3) is 0 Å². The molecule has 2 rings (SSSR count). The second kappa shape index (κ2) is 6.85. The number of carbonyl (C=O) groups is 1. The van der Waals surface area contributed by atoms with E-state index in [-0.39, 0.29) is 11.8 Å². The van der Waals surface area contributed by atoms with Gasteiger partial charge in [-0.05, 0) is 36.4 Å². The Bertz CT molecular complexity index is 609. The van der Waals surface area contributed by atoms with Crippen molar-refractivity contribution in [2.24, 2.45) is 0 Å². The van der Waals surface area contributed by atoms with E-state index in [1.165, 1.54) is 0 Å². The largest absolute Gasteiger partial charge is 0.508 e. The summed E-state index contributed by atoms with van der Waals surface area (Å²) in [7, 11) is 1.56. The molecule has 2 aromatic carbocycles. The molecule has 6 heteroatoms. The van der Waals surface area contributed by atoms with Crippen molar-refractivity contribution in [3.63, 3.8) is 0 Å². The molecule has 2 amide bonds. The summed E-state index contributed by atoms with van der Waals surface area (Å²) in [5.41, 5.74) is 2.20. The monoisotopic (exact) mass is 305 g/mol. The van der Waals surface area contributed by atoms with Crippen molar-refractivity contribution in [2.45, 2.75) is 6.54 Å². The zero-order valence-electron chi connectivity index (χ0n) is 11.5. The minimum absolute atomic E-state index is 0.160. The highest BCUT2D eigenvalue weighted by Crippen LogP contribution is 2.26. The molecule has 0 saturated carbocycles. The van der Waals surface area contributed by atoms with Crippen molar-refractivity contribution in [1.82, 2.24) is 5.32 Å². The number of halogens is 1. The van der Waals surface area contributed by atoms with E-state index >= 15 is 0 Å². The number of benzene rings is 2. The van der Waals surface area contributed by atoms with Gasteiger partial charge in [0.2, 0.25) is 0 Å². The zero-order chi connectivity index (χ0) is 15.2. The maximum absolute atomic E-state index is 11.2. The molecule has 0 atom stereocenters. The van der Waals surface area contributed by atoms with Gasteiger partial charge in [0, 0.05) is 35.6 Å². The number of carbonyl (C=O) groups excluding carboxylic acids is 1. The smallest absolute Gasteiger partial charge is 0.318 e. The van der Waals surface area contributed by atoms with Crippen LogP contribution in [0.15, 0.2) is 42.5 Å². The highest BCUT2D eigenvalue weighted by molar-refractivity contribution is 6.31. The number of anilines is 2. The first-order valence-corrected chi connectivity index (χ1v) is 6.77. The number of urea groups is 1.